The van der Waals surface area contributed by atoms with Crippen LogP contribution in [0.15, 0.2) is 24.3 Å². The number of aliphatic hydroxyl groups is 2. The van der Waals surface area contributed by atoms with Crippen molar-refractivity contribution < 1.29 is 10.2 Å². The van der Waals surface area contributed by atoms with Crippen LogP contribution in [0.3, 0.4) is 0 Å². The standard InChI is InChI=1S/C13H20N2O2/c14-12-3-1-11(2-4-12)13(17)8-15-6-5-10(7-15)9-16/h1-4,10,13,16-17H,5-9,14H2. The van der Waals surface area contributed by atoms with Crippen molar-refractivity contribution in [3.8, 4) is 0 Å². The highest BCUT2D eigenvalue weighted by Gasteiger charge is 2.23. The lowest BCUT2D eigenvalue weighted by Crippen LogP contribution is -2.27. The molecule has 4 nitrogen and oxygen atoms in total. The van der Waals surface area contributed by atoms with Crippen molar-refractivity contribution in [2.45, 2.75) is 12.5 Å². The Morgan fingerprint density at radius 1 is 1.35 bits per heavy atom. The minimum atomic E-state index is -0.479. The summed E-state index contributed by atoms with van der Waals surface area (Å²) in [6.07, 6.45) is 0.540. The fraction of sp³-hybridized carbons (Fsp3) is 0.538. The fourth-order valence-electron chi connectivity index (χ4n) is 2.30. The molecule has 2 unspecified atom stereocenters. The van der Waals surface area contributed by atoms with Gasteiger partial charge in [0.1, 0.15) is 0 Å². The summed E-state index contributed by atoms with van der Waals surface area (Å²) in [5.74, 6) is 0.369. The third-order valence-electron chi connectivity index (χ3n) is 3.38. The molecule has 1 aromatic carbocycles. The molecule has 0 amide bonds. The molecule has 0 saturated carbocycles. The van der Waals surface area contributed by atoms with Gasteiger partial charge in [0.05, 0.1) is 6.10 Å². The second kappa shape index (κ2) is 5.49. The minimum absolute atomic E-state index is 0.245. The molecule has 0 bridgehead atoms. The van der Waals surface area contributed by atoms with Crippen LogP contribution in [0.2, 0.25) is 0 Å². The normalized spacial score (nSPS) is 22.8. The molecular formula is C13H20N2O2. The average Bonchev–Trinajstić information content (AvgIpc) is 2.77. The second-order valence-electron chi connectivity index (χ2n) is 4.78. The minimum Gasteiger partial charge on any atom is -0.399 e. The Morgan fingerprint density at radius 3 is 2.65 bits per heavy atom. The van der Waals surface area contributed by atoms with E-state index in [4.69, 9.17) is 10.8 Å². The van der Waals surface area contributed by atoms with E-state index in [0.717, 1.165) is 25.1 Å². The number of β-amino-alcohol motifs (C(OH)–C–C–N with tert-alkyl or cyclic N) is 1. The van der Waals surface area contributed by atoms with E-state index in [0.29, 0.717) is 18.2 Å². The molecule has 1 heterocycles. The summed E-state index contributed by atoms with van der Waals surface area (Å²) in [7, 11) is 0. The smallest absolute Gasteiger partial charge is 0.0916 e. The van der Waals surface area contributed by atoms with Gasteiger partial charge in [0.15, 0.2) is 0 Å². The number of hydrogen-bond donors (Lipinski definition) is 3. The van der Waals surface area contributed by atoms with E-state index in [1.165, 1.54) is 0 Å². The van der Waals surface area contributed by atoms with E-state index in [-0.39, 0.29) is 6.61 Å². The molecule has 2 rings (SSSR count). The van der Waals surface area contributed by atoms with Crippen molar-refractivity contribution in [2.24, 2.45) is 5.92 Å². The summed E-state index contributed by atoms with van der Waals surface area (Å²) in [6.45, 7) is 2.70. The van der Waals surface area contributed by atoms with Crippen LogP contribution in [0.25, 0.3) is 0 Å². The summed E-state index contributed by atoms with van der Waals surface area (Å²) < 4.78 is 0. The van der Waals surface area contributed by atoms with E-state index in [1.54, 1.807) is 12.1 Å². The van der Waals surface area contributed by atoms with Crippen molar-refractivity contribution >= 4 is 5.69 Å². The molecule has 4 N–H and O–H groups in total. The van der Waals surface area contributed by atoms with Crippen molar-refractivity contribution in [1.82, 2.24) is 4.90 Å². The summed E-state index contributed by atoms with van der Waals surface area (Å²) in [5, 5.41) is 19.1. The van der Waals surface area contributed by atoms with Crippen LogP contribution in [0, 0.1) is 5.92 Å². The van der Waals surface area contributed by atoms with Crippen molar-refractivity contribution in [3.63, 3.8) is 0 Å². The maximum Gasteiger partial charge on any atom is 0.0916 e. The molecule has 0 radical (unpaired) electrons. The number of aliphatic hydroxyl groups excluding tert-OH is 2. The number of hydrogen-bond acceptors (Lipinski definition) is 4. The highest BCUT2D eigenvalue weighted by molar-refractivity contribution is 5.39. The first kappa shape index (κ1) is 12.4. The summed E-state index contributed by atoms with van der Waals surface area (Å²) in [6, 6.07) is 7.33. The quantitative estimate of drug-likeness (QED) is 0.670. The molecule has 0 spiro atoms. The van der Waals surface area contributed by atoms with Gasteiger partial charge in [-0.25, -0.2) is 0 Å². The van der Waals surface area contributed by atoms with Gasteiger partial charge in [-0.3, -0.25) is 0 Å². The van der Waals surface area contributed by atoms with Crippen LogP contribution < -0.4 is 5.73 Å². The van der Waals surface area contributed by atoms with Gasteiger partial charge in [0, 0.05) is 25.4 Å². The molecular weight excluding hydrogens is 216 g/mol. The van der Waals surface area contributed by atoms with Crippen molar-refractivity contribution in [2.75, 3.05) is 32.0 Å². The van der Waals surface area contributed by atoms with Crippen LogP contribution in [0.5, 0.6) is 0 Å². The average molecular weight is 236 g/mol. The highest BCUT2D eigenvalue weighted by atomic mass is 16.3. The summed E-state index contributed by atoms with van der Waals surface area (Å²) in [5.41, 5.74) is 7.21. The van der Waals surface area contributed by atoms with Crippen LogP contribution in [0.4, 0.5) is 5.69 Å². The van der Waals surface area contributed by atoms with Crippen LogP contribution in [0.1, 0.15) is 18.1 Å². The van der Waals surface area contributed by atoms with E-state index in [1.807, 2.05) is 12.1 Å². The van der Waals surface area contributed by atoms with Gasteiger partial charge in [-0.15, -0.1) is 0 Å². The number of benzene rings is 1. The van der Waals surface area contributed by atoms with Gasteiger partial charge < -0.3 is 20.8 Å². The molecule has 1 fully saturated rings. The third-order valence-corrected chi connectivity index (χ3v) is 3.38. The number of nitrogens with two attached hydrogens (primary N) is 1. The lowest BCUT2D eigenvalue weighted by molar-refractivity contribution is 0.121. The fourth-order valence-corrected chi connectivity index (χ4v) is 2.30. The van der Waals surface area contributed by atoms with Gasteiger partial charge in [0.2, 0.25) is 0 Å². The maximum atomic E-state index is 10.1. The first-order valence-corrected chi connectivity index (χ1v) is 6.05. The number of anilines is 1. The highest BCUT2D eigenvalue weighted by Crippen LogP contribution is 2.21. The lowest BCUT2D eigenvalue weighted by Gasteiger charge is -2.20. The molecule has 1 saturated heterocycles. The van der Waals surface area contributed by atoms with Crippen LogP contribution >= 0.6 is 0 Å². The Hall–Kier alpha value is -1.10. The van der Waals surface area contributed by atoms with E-state index in [2.05, 4.69) is 4.90 Å². The van der Waals surface area contributed by atoms with Gasteiger partial charge >= 0.3 is 0 Å². The predicted molar refractivity (Wildman–Crippen MR) is 67.4 cm³/mol. The summed E-state index contributed by atoms with van der Waals surface area (Å²) in [4.78, 5) is 2.20. The Labute approximate surface area is 102 Å². The molecule has 1 aliphatic heterocycles. The van der Waals surface area contributed by atoms with Crippen LogP contribution in [-0.2, 0) is 0 Å². The molecule has 2 atom stereocenters. The lowest BCUT2D eigenvalue weighted by atomic mass is 10.1. The first-order chi connectivity index (χ1) is 8.19. The van der Waals surface area contributed by atoms with E-state index >= 15 is 0 Å². The van der Waals surface area contributed by atoms with Crippen molar-refractivity contribution in [1.29, 1.82) is 0 Å². The largest absolute Gasteiger partial charge is 0.399 e. The molecule has 1 aromatic rings. The monoisotopic (exact) mass is 236 g/mol. The first-order valence-electron chi connectivity index (χ1n) is 6.05. The Bertz CT molecular complexity index is 353. The zero-order valence-electron chi connectivity index (χ0n) is 9.92. The molecule has 94 valence electrons. The number of nitrogen functional groups attached to an aromatic ring is 1. The number of likely N-dealkylation sites (tertiary alicyclic amines) is 1. The zero-order valence-corrected chi connectivity index (χ0v) is 9.92. The molecule has 0 aromatic heterocycles. The Morgan fingerprint density at radius 2 is 2.06 bits per heavy atom. The van der Waals surface area contributed by atoms with E-state index < -0.39 is 6.10 Å². The van der Waals surface area contributed by atoms with Crippen molar-refractivity contribution in [3.05, 3.63) is 29.8 Å². The Balaban J connectivity index is 1.89. The number of rotatable bonds is 4. The van der Waals surface area contributed by atoms with Gasteiger partial charge in [-0.2, -0.15) is 0 Å². The third kappa shape index (κ3) is 3.19. The van der Waals surface area contributed by atoms with Gasteiger partial charge in [0.25, 0.3) is 0 Å². The number of nitrogens with zero attached hydrogens (tertiary/aromatic N) is 1. The van der Waals surface area contributed by atoms with Gasteiger partial charge in [-0.05, 0) is 36.6 Å². The molecule has 17 heavy (non-hydrogen) atoms. The second-order valence-corrected chi connectivity index (χ2v) is 4.78. The Kier molecular flexibility index (Phi) is 3.99. The zero-order chi connectivity index (χ0) is 12.3. The SMILES string of the molecule is Nc1ccc(C(O)CN2CCC(CO)C2)cc1. The molecule has 1 aliphatic rings. The molecule has 4 heteroatoms. The maximum absolute atomic E-state index is 10.1. The summed E-state index contributed by atoms with van der Waals surface area (Å²) >= 11 is 0. The predicted octanol–water partition coefficient (Wildman–Crippen LogP) is 0.616. The van der Waals surface area contributed by atoms with Crippen LogP contribution in [-0.4, -0.2) is 41.4 Å². The topological polar surface area (TPSA) is 69.7 Å². The van der Waals surface area contributed by atoms with Gasteiger partial charge in [-0.1, -0.05) is 12.1 Å². The molecule has 0 aliphatic carbocycles. The van der Waals surface area contributed by atoms with E-state index in [9.17, 15) is 5.11 Å².